The summed E-state index contributed by atoms with van der Waals surface area (Å²) >= 11 is 11.3. The van der Waals surface area contributed by atoms with Crippen LogP contribution in [0, 0.1) is 0 Å². The third kappa shape index (κ3) is 5.69. The number of aromatic nitrogens is 1. The van der Waals surface area contributed by atoms with Crippen molar-refractivity contribution in [3.8, 4) is 11.5 Å². The van der Waals surface area contributed by atoms with Crippen LogP contribution in [0.15, 0.2) is 70.5 Å². The molecule has 2 aromatic carbocycles. The molecular formula is C24H22Cl2N2O3. The second kappa shape index (κ2) is 10.5. The maximum atomic E-state index is 5.82. The smallest absolute Gasteiger partial charge is 0.151 e. The lowest BCUT2D eigenvalue weighted by atomic mass is 9.89. The Hall–Kier alpha value is -2.76. The molecule has 0 radical (unpaired) electrons. The first kappa shape index (κ1) is 21.5. The van der Waals surface area contributed by atoms with Crippen LogP contribution in [0.25, 0.3) is 10.9 Å². The normalized spacial score (nSPS) is 14.2. The molecule has 1 heterocycles. The number of pyridine rings is 1. The summed E-state index contributed by atoms with van der Waals surface area (Å²) in [6, 6.07) is 15.7. The lowest BCUT2D eigenvalue weighted by Crippen LogP contribution is -2.15. The highest BCUT2D eigenvalue weighted by Gasteiger charge is 2.19. The number of ether oxygens (including phenoxy) is 2. The van der Waals surface area contributed by atoms with Crippen LogP contribution >= 0.6 is 23.2 Å². The van der Waals surface area contributed by atoms with Crippen LogP contribution in [0.4, 0.5) is 0 Å². The van der Waals surface area contributed by atoms with E-state index >= 15 is 0 Å². The molecule has 3 aromatic rings. The molecule has 160 valence electrons. The molecule has 31 heavy (non-hydrogen) atoms. The van der Waals surface area contributed by atoms with Gasteiger partial charge < -0.3 is 14.3 Å². The van der Waals surface area contributed by atoms with Crippen LogP contribution in [0.2, 0.25) is 0 Å². The number of halogens is 2. The molecule has 0 unspecified atom stereocenters. The fraction of sp³-hybridized carbons (Fsp3) is 0.250. The Morgan fingerprint density at radius 3 is 2.87 bits per heavy atom. The zero-order chi connectivity index (χ0) is 21.5. The SMILES string of the molecule is ClC(Cl)=CCOc1cccc2c1CCC/C2=N\OCCOc1ccc2ncccc2c1. The first-order valence-electron chi connectivity index (χ1n) is 10.1. The Balaban J connectivity index is 1.34. The van der Waals surface area contributed by atoms with Crippen LogP contribution in [0.3, 0.4) is 0 Å². The van der Waals surface area contributed by atoms with Crippen LogP contribution in [-0.2, 0) is 11.3 Å². The van der Waals surface area contributed by atoms with Crippen molar-refractivity contribution in [3.05, 3.63) is 76.4 Å². The van der Waals surface area contributed by atoms with Crippen LogP contribution in [0.1, 0.15) is 24.0 Å². The number of benzene rings is 2. The monoisotopic (exact) mass is 456 g/mol. The Labute approximate surface area is 191 Å². The molecule has 0 fully saturated rings. The summed E-state index contributed by atoms with van der Waals surface area (Å²) < 4.78 is 11.8. The quantitative estimate of drug-likeness (QED) is 0.304. The highest BCUT2D eigenvalue weighted by molar-refractivity contribution is 6.55. The summed E-state index contributed by atoms with van der Waals surface area (Å²) in [4.78, 5) is 9.87. The van der Waals surface area contributed by atoms with E-state index in [1.54, 1.807) is 12.3 Å². The van der Waals surface area contributed by atoms with E-state index in [9.17, 15) is 0 Å². The maximum absolute atomic E-state index is 5.82. The van der Waals surface area contributed by atoms with Gasteiger partial charge in [-0.05, 0) is 55.7 Å². The second-order valence-electron chi connectivity index (χ2n) is 7.02. The van der Waals surface area contributed by atoms with Crippen LogP contribution in [-0.4, -0.2) is 30.5 Å². The van der Waals surface area contributed by atoms with Gasteiger partial charge in [-0.3, -0.25) is 4.98 Å². The van der Waals surface area contributed by atoms with Gasteiger partial charge in [0.25, 0.3) is 0 Å². The third-order valence-corrected chi connectivity index (χ3v) is 5.26. The standard InChI is InChI=1S/C24H22Cl2N2O3/c25-24(26)11-13-30-23-8-2-5-19-20(23)6-1-7-22(19)28-31-15-14-29-18-9-10-21-17(16-18)4-3-12-27-21/h2-5,8-12,16H,1,6-7,13-15H2/b28-22+. The van der Waals surface area contributed by atoms with Crippen molar-refractivity contribution in [1.29, 1.82) is 0 Å². The predicted octanol–water partition coefficient (Wildman–Crippen LogP) is 6.07. The molecule has 0 saturated carbocycles. The van der Waals surface area contributed by atoms with Crippen molar-refractivity contribution in [3.63, 3.8) is 0 Å². The number of rotatable bonds is 8. The Morgan fingerprint density at radius 2 is 1.97 bits per heavy atom. The van der Waals surface area contributed by atoms with Crippen molar-refractivity contribution < 1.29 is 14.3 Å². The highest BCUT2D eigenvalue weighted by atomic mass is 35.5. The van der Waals surface area contributed by atoms with Gasteiger partial charge in [-0.15, -0.1) is 0 Å². The summed E-state index contributed by atoms with van der Waals surface area (Å²) in [6.45, 7) is 1.09. The Kier molecular flexibility index (Phi) is 7.28. The molecule has 0 amide bonds. The zero-order valence-corrected chi connectivity index (χ0v) is 18.4. The Bertz CT molecular complexity index is 1110. The minimum Gasteiger partial charge on any atom is -0.490 e. The molecule has 0 bridgehead atoms. The molecule has 1 aliphatic carbocycles. The van der Waals surface area contributed by atoms with Gasteiger partial charge in [0.1, 0.15) is 29.2 Å². The van der Waals surface area contributed by atoms with E-state index < -0.39 is 0 Å². The second-order valence-corrected chi connectivity index (χ2v) is 8.03. The van der Waals surface area contributed by atoms with Crippen molar-refractivity contribution >= 4 is 39.8 Å². The van der Waals surface area contributed by atoms with Gasteiger partial charge in [-0.2, -0.15) is 0 Å². The van der Waals surface area contributed by atoms with E-state index in [0.29, 0.717) is 19.8 Å². The van der Waals surface area contributed by atoms with Gasteiger partial charge >= 0.3 is 0 Å². The molecule has 0 saturated heterocycles. The summed E-state index contributed by atoms with van der Waals surface area (Å²) in [5, 5.41) is 5.42. The molecule has 1 aliphatic rings. The molecule has 7 heteroatoms. The molecular weight excluding hydrogens is 435 g/mol. The first-order chi connectivity index (χ1) is 15.2. The summed E-state index contributed by atoms with van der Waals surface area (Å²) in [7, 11) is 0. The van der Waals surface area contributed by atoms with E-state index in [0.717, 1.165) is 58.5 Å². The van der Waals surface area contributed by atoms with E-state index in [2.05, 4.69) is 10.1 Å². The number of hydrogen-bond acceptors (Lipinski definition) is 5. The van der Waals surface area contributed by atoms with Crippen molar-refractivity contribution in [2.24, 2.45) is 5.16 Å². The van der Waals surface area contributed by atoms with Gasteiger partial charge in [0.05, 0.1) is 11.2 Å². The van der Waals surface area contributed by atoms with Gasteiger partial charge in [0.2, 0.25) is 0 Å². The molecule has 0 N–H and O–H groups in total. The summed E-state index contributed by atoms with van der Waals surface area (Å²) in [5.41, 5.74) is 4.07. The Morgan fingerprint density at radius 1 is 1.03 bits per heavy atom. The molecule has 1 aromatic heterocycles. The van der Waals surface area contributed by atoms with Crippen LogP contribution in [0.5, 0.6) is 11.5 Å². The lowest BCUT2D eigenvalue weighted by Gasteiger charge is -2.20. The topological polar surface area (TPSA) is 52.9 Å². The minimum absolute atomic E-state index is 0.197. The third-order valence-electron chi connectivity index (χ3n) is 4.95. The van der Waals surface area contributed by atoms with Crippen LogP contribution < -0.4 is 9.47 Å². The fourth-order valence-electron chi connectivity index (χ4n) is 3.55. The largest absolute Gasteiger partial charge is 0.490 e. The van der Waals surface area contributed by atoms with Gasteiger partial charge in [0, 0.05) is 22.7 Å². The molecule has 0 spiro atoms. The highest BCUT2D eigenvalue weighted by Crippen LogP contribution is 2.30. The van der Waals surface area contributed by atoms with Crippen molar-refractivity contribution in [1.82, 2.24) is 4.98 Å². The van der Waals surface area contributed by atoms with E-state index in [1.165, 1.54) is 0 Å². The van der Waals surface area contributed by atoms with Gasteiger partial charge in [-0.1, -0.05) is 46.6 Å². The average molecular weight is 457 g/mol. The average Bonchev–Trinajstić information content (AvgIpc) is 2.79. The van der Waals surface area contributed by atoms with Gasteiger partial charge in [-0.25, -0.2) is 0 Å². The number of hydrogen-bond donors (Lipinski definition) is 0. The number of oxime groups is 1. The number of fused-ring (bicyclic) bond motifs is 2. The maximum Gasteiger partial charge on any atom is 0.151 e. The lowest BCUT2D eigenvalue weighted by molar-refractivity contribution is 0.107. The number of nitrogens with zero attached hydrogens (tertiary/aromatic N) is 2. The predicted molar refractivity (Wildman–Crippen MR) is 124 cm³/mol. The molecule has 4 rings (SSSR count). The molecule has 5 nitrogen and oxygen atoms in total. The zero-order valence-electron chi connectivity index (χ0n) is 16.9. The van der Waals surface area contributed by atoms with E-state index in [-0.39, 0.29) is 4.49 Å². The van der Waals surface area contributed by atoms with Crippen molar-refractivity contribution in [2.45, 2.75) is 19.3 Å². The fourth-order valence-corrected chi connectivity index (χ4v) is 3.68. The molecule has 0 aliphatic heterocycles. The first-order valence-corrected chi connectivity index (χ1v) is 10.9. The summed E-state index contributed by atoms with van der Waals surface area (Å²) in [5.74, 6) is 1.61. The van der Waals surface area contributed by atoms with Crippen molar-refractivity contribution in [2.75, 3.05) is 19.8 Å². The van der Waals surface area contributed by atoms with E-state index in [1.807, 2.05) is 48.5 Å². The summed E-state index contributed by atoms with van der Waals surface area (Å²) in [6.07, 6.45) is 6.19. The van der Waals surface area contributed by atoms with E-state index in [4.69, 9.17) is 37.5 Å². The minimum atomic E-state index is 0.197. The van der Waals surface area contributed by atoms with Gasteiger partial charge in [0.15, 0.2) is 6.61 Å². The molecule has 0 atom stereocenters.